The molecule has 0 amide bonds. The number of aliphatic hydroxyl groups is 1. The van der Waals surface area contributed by atoms with E-state index in [1.807, 2.05) is 0 Å². The quantitative estimate of drug-likeness (QED) is 0.782. The molecular formula is C14H18ClOZr-. The fourth-order valence-electron chi connectivity index (χ4n) is 2.53. The van der Waals surface area contributed by atoms with Gasteiger partial charge >= 0.3 is 0 Å². The molecule has 0 aromatic rings. The van der Waals surface area contributed by atoms with E-state index in [0.717, 1.165) is 12.8 Å². The Balaban J connectivity index is 0.00000128. The van der Waals surface area contributed by atoms with Crippen molar-refractivity contribution >= 4 is 0 Å². The molecule has 0 atom stereocenters. The Kier molecular flexibility index (Phi) is 7.55. The van der Waals surface area contributed by atoms with Crippen molar-refractivity contribution in [1.29, 1.82) is 0 Å². The SMILES string of the molecule is CC1=C(C(CO)C2=C(C)C=CC2)CC=C1.[Cl-].[Zr]. The van der Waals surface area contributed by atoms with Crippen molar-refractivity contribution in [3.8, 4) is 0 Å². The molecule has 0 aliphatic heterocycles. The first-order valence-corrected chi connectivity index (χ1v) is 5.57. The molecule has 0 radical (unpaired) electrons. The molecule has 3 heteroatoms. The van der Waals surface area contributed by atoms with Crippen LogP contribution in [0, 0.1) is 5.92 Å². The van der Waals surface area contributed by atoms with Crippen LogP contribution in [0.1, 0.15) is 26.7 Å². The van der Waals surface area contributed by atoms with E-state index in [4.69, 9.17) is 0 Å². The van der Waals surface area contributed by atoms with Gasteiger partial charge < -0.3 is 17.5 Å². The van der Waals surface area contributed by atoms with Crippen LogP contribution in [-0.4, -0.2) is 11.7 Å². The summed E-state index contributed by atoms with van der Waals surface area (Å²) in [5, 5.41) is 9.56. The van der Waals surface area contributed by atoms with Crippen molar-refractivity contribution in [2.75, 3.05) is 6.61 Å². The van der Waals surface area contributed by atoms with Crippen molar-refractivity contribution in [3.05, 3.63) is 46.6 Å². The Hall–Kier alpha value is 0.0931. The van der Waals surface area contributed by atoms with Crippen LogP contribution in [0.2, 0.25) is 0 Å². The van der Waals surface area contributed by atoms with Gasteiger partial charge in [-0.15, -0.1) is 0 Å². The Morgan fingerprint density at radius 1 is 1.06 bits per heavy atom. The van der Waals surface area contributed by atoms with Crippen LogP contribution in [-0.2, 0) is 26.2 Å². The number of rotatable bonds is 3. The Morgan fingerprint density at radius 2 is 1.47 bits per heavy atom. The molecule has 1 N–H and O–H groups in total. The largest absolute Gasteiger partial charge is 1.00 e. The van der Waals surface area contributed by atoms with Crippen LogP contribution in [0.5, 0.6) is 0 Å². The van der Waals surface area contributed by atoms with Crippen molar-refractivity contribution in [1.82, 2.24) is 0 Å². The number of halogens is 1. The van der Waals surface area contributed by atoms with Crippen molar-refractivity contribution in [2.24, 2.45) is 5.92 Å². The molecule has 0 bridgehead atoms. The fourth-order valence-corrected chi connectivity index (χ4v) is 2.53. The normalized spacial score (nSPS) is 17.9. The monoisotopic (exact) mass is 327 g/mol. The zero-order valence-electron chi connectivity index (χ0n) is 10.3. The van der Waals surface area contributed by atoms with Gasteiger partial charge in [0.1, 0.15) is 0 Å². The fraction of sp³-hybridized carbons (Fsp3) is 0.429. The topological polar surface area (TPSA) is 20.2 Å². The van der Waals surface area contributed by atoms with E-state index < -0.39 is 0 Å². The summed E-state index contributed by atoms with van der Waals surface area (Å²) in [6, 6.07) is 0. The molecule has 17 heavy (non-hydrogen) atoms. The molecule has 0 aromatic heterocycles. The van der Waals surface area contributed by atoms with Gasteiger partial charge in [-0.2, -0.15) is 0 Å². The summed E-state index contributed by atoms with van der Waals surface area (Å²) in [5.74, 6) is 0.245. The Morgan fingerprint density at radius 3 is 1.71 bits per heavy atom. The molecule has 0 heterocycles. The zero-order chi connectivity index (χ0) is 10.8. The molecule has 1 nitrogen and oxygen atoms in total. The Bertz CT molecular complexity index is 355. The number of allylic oxidation sites excluding steroid dienone is 6. The molecular weight excluding hydrogens is 311 g/mol. The average molecular weight is 329 g/mol. The molecule has 0 saturated heterocycles. The van der Waals surface area contributed by atoms with Gasteiger partial charge in [0.2, 0.25) is 0 Å². The number of hydrogen-bond acceptors (Lipinski definition) is 1. The van der Waals surface area contributed by atoms with Gasteiger partial charge in [0.25, 0.3) is 0 Å². The summed E-state index contributed by atoms with van der Waals surface area (Å²) < 4.78 is 0. The first-order chi connectivity index (χ1) is 7.24. The van der Waals surface area contributed by atoms with Gasteiger partial charge in [0.05, 0.1) is 6.61 Å². The van der Waals surface area contributed by atoms with Gasteiger partial charge in [-0.3, -0.25) is 0 Å². The third-order valence-corrected chi connectivity index (χ3v) is 3.45. The molecule has 2 rings (SSSR count). The molecule has 0 fully saturated rings. The van der Waals surface area contributed by atoms with Crippen LogP contribution in [0.15, 0.2) is 46.6 Å². The molecule has 2 aliphatic rings. The molecule has 2 aliphatic carbocycles. The van der Waals surface area contributed by atoms with Crippen LogP contribution in [0.25, 0.3) is 0 Å². The van der Waals surface area contributed by atoms with E-state index in [0.29, 0.717) is 0 Å². The minimum absolute atomic E-state index is 0. The smallest absolute Gasteiger partial charge is 0.0534 e. The number of hydrogen-bond donors (Lipinski definition) is 1. The van der Waals surface area contributed by atoms with E-state index in [9.17, 15) is 5.11 Å². The molecule has 0 spiro atoms. The maximum absolute atomic E-state index is 9.56. The first kappa shape index (κ1) is 17.1. The van der Waals surface area contributed by atoms with E-state index in [-0.39, 0.29) is 51.1 Å². The van der Waals surface area contributed by atoms with Crippen molar-refractivity contribution < 1.29 is 43.7 Å². The average Bonchev–Trinajstić information content (AvgIpc) is 2.80. The van der Waals surface area contributed by atoms with Crippen LogP contribution < -0.4 is 12.4 Å². The van der Waals surface area contributed by atoms with Crippen LogP contribution in [0.3, 0.4) is 0 Å². The first-order valence-electron chi connectivity index (χ1n) is 5.57. The summed E-state index contributed by atoms with van der Waals surface area (Å²) in [4.78, 5) is 0. The molecule has 0 unspecified atom stereocenters. The van der Waals surface area contributed by atoms with Crippen LogP contribution in [0.4, 0.5) is 0 Å². The van der Waals surface area contributed by atoms with E-state index in [1.165, 1.54) is 22.3 Å². The van der Waals surface area contributed by atoms with Crippen molar-refractivity contribution in [2.45, 2.75) is 26.7 Å². The summed E-state index contributed by atoms with van der Waals surface area (Å²) >= 11 is 0. The third-order valence-electron chi connectivity index (χ3n) is 3.45. The minimum Gasteiger partial charge on any atom is -1.00 e. The second-order valence-electron chi connectivity index (χ2n) is 4.36. The van der Waals surface area contributed by atoms with E-state index >= 15 is 0 Å². The summed E-state index contributed by atoms with van der Waals surface area (Å²) in [7, 11) is 0. The Labute approximate surface area is 129 Å². The minimum atomic E-state index is 0. The summed E-state index contributed by atoms with van der Waals surface area (Å²) in [6.45, 7) is 4.52. The number of aliphatic hydroxyl groups excluding tert-OH is 1. The van der Waals surface area contributed by atoms with Gasteiger partial charge in [-0.05, 0) is 26.7 Å². The maximum atomic E-state index is 9.56. The van der Waals surface area contributed by atoms with Gasteiger partial charge in [0.15, 0.2) is 0 Å². The van der Waals surface area contributed by atoms with E-state index in [1.54, 1.807) is 0 Å². The predicted molar refractivity (Wildman–Crippen MR) is 63.5 cm³/mol. The van der Waals surface area contributed by atoms with Crippen molar-refractivity contribution in [3.63, 3.8) is 0 Å². The van der Waals surface area contributed by atoms with Gasteiger partial charge in [0, 0.05) is 32.1 Å². The summed E-state index contributed by atoms with van der Waals surface area (Å²) in [5.41, 5.74) is 5.47. The molecule has 0 aromatic carbocycles. The maximum Gasteiger partial charge on any atom is 0.0534 e. The van der Waals surface area contributed by atoms with E-state index in [2.05, 4.69) is 38.2 Å². The molecule has 0 saturated carbocycles. The second-order valence-corrected chi connectivity index (χ2v) is 4.36. The predicted octanol–water partition coefficient (Wildman–Crippen LogP) is 0.149. The standard InChI is InChI=1S/C14H18O.ClH.Zr/c1-10-5-3-7-12(10)14(9-15)13-8-4-6-11(13)2;;/h3-6,14-15H,7-9H2,1-2H3;1H;/p-1. The van der Waals surface area contributed by atoms with Gasteiger partial charge in [-0.25, -0.2) is 0 Å². The second kappa shape index (κ2) is 7.51. The third kappa shape index (κ3) is 3.53. The summed E-state index contributed by atoms with van der Waals surface area (Å²) in [6.07, 6.45) is 10.7. The van der Waals surface area contributed by atoms with Gasteiger partial charge in [-0.1, -0.05) is 46.6 Å². The zero-order valence-corrected chi connectivity index (χ0v) is 13.5. The molecule has 92 valence electrons. The van der Waals surface area contributed by atoms with Crippen LogP contribution >= 0.6 is 0 Å².